The summed E-state index contributed by atoms with van der Waals surface area (Å²) in [6.07, 6.45) is 5.04. The number of hydrogen-bond acceptors (Lipinski definition) is 2. The Hall–Kier alpha value is -0.570. The number of carboxylic acids is 1. The van der Waals surface area contributed by atoms with Crippen LogP contribution < -0.4 is 0 Å². The fourth-order valence-electron chi connectivity index (χ4n) is 1.79. The van der Waals surface area contributed by atoms with Gasteiger partial charge < -0.3 is 5.11 Å². The van der Waals surface area contributed by atoms with Crippen LogP contribution in [0.3, 0.4) is 0 Å². The van der Waals surface area contributed by atoms with Gasteiger partial charge in [0.2, 0.25) is 0 Å². The van der Waals surface area contributed by atoms with E-state index in [0.717, 1.165) is 19.4 Å². The van der Waals surface area contributed by atoms with Gasteiger partial charge in [-0.25, -0.2) is 0 Å². The number of nitrogens with zero attached hydrogens (tertiary/aromatic N) is 1. The molecule has 1 N–H and O–H groups in total. The molecule has 3 heteroatoms. The maximum atomic E-state index is 11.2. The molecule has 3 nitrogen and oxygen atoms in total. The first-order valence-corrected chi connectivity index (χ1v) is 5.93. The highest BCUT2D eigenvalue weighted by Crippen LogP contribution is 2.20. The normalized spacial score (nSPS) is 15.3. The topological polar surface area (TPSA) is 40.5 Å². The maximum absolute atomic E-state index is 11.2. The van der Waals surface area contributed by atoms with Crippen molar-refractivity contribution in [3.05, 3.63) is 0 Å². The summed E-state index contributed by atoms with van der Waals surface area (Å²) in [5.41, 5.74) is -0.692. The second kappa shape index (κ2) is 6.83. The van der Waals surface area contributed by atoms with Gasteiger partial charge in [0.25, 0.3) is 0 Å². The van der Waals surface area contributed by atoms with Crippen LogP contribution in [0.25, 0.3) is 0 Å². The van der Waals surface area contributed by atoms with Crippen molar-refractivity contribution in [3.8, 4) is 0 Å². The Balaban J connectivity index is 4.28. The summed E-state index contributed by atoms with van der Waals surface area (Å²) in [5.74, 6) is -0.705. The van der Waals surface area contributed by atoms with Crippen LogP contribution in [0.5, 0.6) is 0 Å². The third-order valence-electron chi connectivity index (χ3n) is 3.14. The summed E-state index contributed by atoms with van der Waals surface area (Å²) >= 11 is 0. The average molecular weight is 215 g/mol. The zero-order valence-corrected chi connectivity index (χ0v) is 10.5. The van der Waals surface area contributed by atoms with E-state index in [-0.39, 0.29) is 0 Å². The van der Waals surface area contributed by atoms with Gasteiger partial charge in [-0.15, -0.1) is 0 Å². The zero-order chi connectivity index (χ0) is 11.9. The third kappa shape index (κ3) is 4.20. The van der Waals surface area contributed by atoms with Gasteiger partial charge in [0, 0.05) is 0 Å². The summed E-state index contributed by atoms with van der Waals surface area (Å²) < 4.78 is 0. The molecule has 0 aliphatic heterocycles. The highest BCUT2D eigenvalue weighted by atomic mass is 16.4. The molecular formula is C12H25NO2. The number of carbonyl (C=O) groups is 1. The van der Waals surface area contributed by atoms with Crippen LogP contribution in [-0.4, -0.2) is 35.1 Å². The lowest BCUT2D eigenvalue weighted by molar-refractivity contribution is -0.150. The number of hydrogen-bond donors (Lipinski definition) is 1. The number of carboxylic acid groups (broad SMARTS) is 1. The quantitative estimate of drug-likeness (QED) is 0.633. The lowest BCUT2D eigenvalue weighted by Crippen LogP contribution is -2.50. The lowest BCUT2D eigenvalue weighted by atomic mass is 9.94. The van der Waals surface area contributed by atoms with Gasteiger partial charge in [-0.3, -0.25) is 9.69 Å². The van der Waals surface area contributed by atoms with Gasteiger partial charge >= 0.3 is 5.97 Å². The predicted molar refractivity (Wildman–Crippen MR) is 63.1 cm³/mol. The third-order valence-corrected chi connectivity index (χ3v) is 3.14. The Bertz CT molecular complexity index is 194. The zero-order valence-electron chi connectivity index (χ0n) is 10.5. The number of unbranched alkanes of at least 4 members (excludes halogenated alkanes) is 2. The first kappa shape index (κ1) is 14.4. The SMILES string of the molecule is CCCCCN(C)C(C)(CCC)C(=O)O. The van der Waals surface area contributed by atoms with Crippen LogP contribution in [0.15, 0.2) is 0 Å². The Kier molecular flexibility index (Phi) is 6.57. The second-order valence-electron chi connectivity index (χ2n) is 4.46. The fraction of sp³-hybridized carbons (Fsp3) is 0.917. The van der Waals surface area contributed by atoms with Gasteiger partial charge in [0.05, 0.1) is 0 Å². The Labute approximate surface area is 93.5 Å². The minimum Gasteiger partial charge on any atom is -0.480 e. The van der Waals surface area contributed by atoms with Gasteiger partial charge in [0.15, 0.2) is 0 Å². The minimum atomic E-state index is -0.705. The van der Waals surface area contributed by atoms with Crippen LogP contribution in [0.4, 0.5) is 0 Å². The van der Waals surface area contributed by atoms with E-state index < -0.39 is 11.5 Å². The summed E-state index contributed by atoms with van der Waals surface area (Å²) in [7, 11) is 1.92. The number of likely N-dealkylation sites (N-methyl/N-ethyl adjacent to an activating group) is 1. The smallest absolute Gasteiger partial charge is 0.323 e. The summed E-state index contributed by atoms with van der Waals surface area (Å²) in [6.45, 7) is 6.88. The Morgan fingerprint density at radius 3 is 2.27 bits per heavy atom. The van der Waals surface area contributed by atoms with Crippen LogP contribution in [0, 0.1) is 0 Å². The van der Waals surface area contributed by atoms with Crippen LogP contribution in [0.2, 0.25) is 0 Å². The van der Waals surface area contributed by atoms with E-state index in [9.17, 15) is 9.90 Å². The number of rotatable bonds is 8. The van der Waals surface area contributed by atoms with E-state index >= 15 is 0 Å². The molecule has 0 aliphatic rings. The molecule has 0 fully saturated rings. The molecule has 1 atom stereocenters. The van der Waals surface area contributed by atoms with Gasteiger partial charge in [-0.1, -0.05) is 33.1 Å². The Morgan fingerprint density at radius 1 is 1.27 bits per heavy atom. The highest BCUT2D eigenvalue weighted by molar-refractivity contribution is 5.78. The van der Waals surface area contributed by atoms with Crippen molar-refractivity contribution in [1.29, 1.82) is 0 Å². The van der Waals surface area contributed by atoms with Gasteiger partial charge in [-0.05, 0) is 33.4 Å². The molecule has 0 aromatic heterocycles. The monoisotopic (exact) mass is 215 g/mol. The fourth-order valence-corrected chi connectivity index (χ4v) is 1.79. The van der Waals surface area contributed by atoms with Crippen LogP contribution in [0.1, 0.15) is 52.9 Å². The molecule has 0 aromatic carbocycles. The largest absolute Gasteiger partial charge is 0.480 e. The minimum absolute atomic E-state index is 0.692. The molecule has 15 heavy (non-hydrogen) atoms. The molecule has 90 valence electrons. The van der Waals surface area contributed by atoms with Crippen LogP contribution >= 0.6 is 0 Å². The van der Waals surface area contributed by atoms with Crippen molar-refractivity contribution in [1.82, 2.24) is 4.90 Å². The highest BCUT2D eigenvalue weighted by Gasteiger charge is 2.35. The van der Waals surface area contributed by atoms with Crippen molar-refractivity contribution in [2.24, 2.45) is 0 Å². The van der Waals surface area contributed by atoms with Gasteiger partial charge in [0.1, 0.15) is 5.54 Å². The summed E-state index contributed by atoms with van der Waals surface area (Å²) in [5, 5.41) is 9.25. The lowest BCUT2D eigenvalue weighted by Gasteiger charge is -2.35. The number of aliphatic carboxylic acids is 1. The molecule has 0 rings (SSSR count). The molecule has 0 amide bonds. The molecule has 0 radical (unpaired) electrons. The van der Waals surface area contributed by atoms with E-state index in [0.29, 0.717) is 6.42 Å². The first-order chi connectivity index (χ1) is 6.99. The molecule has 1 unspecified atom stereocenters. The van der Waals surface area contributed by atoms with Crippen molar-refractivity contribution < 1.29 is 9.90 Å². The molecule has 0 aromatic rings. The van der Waals surface area contributed by atoms with Crippen molar-refractivity contribution in [2.45, 2.75) is 58.4 Å². The van der Waals surface area contributed by atoms with E-state index in [1.165, 1.54) is 12.8 Å². The average Bonchev–Trinajstić information content (AvgIpc) is 2.18. The molecule has 0 saturated heterocycles. The summed E-state index contributed by atoms with van der Waals surface area (Å²) in [6, 6.07) is 0. The van der Waals surface area contributed by atoms with E-state index in [4.69, 9.17) is 0 Å². The predicted octanol–water partition coefficient (Wildman–Crippen LogP) is 2.75. The van der Waals surface area contributed by atoms with Gasteiger partial charge in [-0.2, -0.15) is 0 Å². The van der Waals surface area contributed by atoms with Crippen molar-refractivity contribution >= 4 is 5.97 Å². The Morgan fingerprint density at radius 2 is 1.87 bits per heavy atom. The molecule has 0 spiro atoms. The van der Waals surface area contributed by atoms with E-state index in [1.54, 1.807) is 0 Å². The van der Waals surface area contributed by atoms with E-state index in [2.05, 4.69) is 6.92 Å². The molecule has 0 heterocycles. The molecule has 0 bridgehead atoms. The van der Waals surface area contributed by atoms with Crippen molar-refractivity contribution in [3.63, 3.8) is 0 Å². The molecular weight excluding hydrogens is 190 g/mol. The van der Waals surface area contributed by atoms with E-state index in [1.807, 2.05) is 25.8 Å². The molecule has 0 aliphatic carbocycles. The summed E-state index contributed by atoms with van der Waals surface area (Å²) in [4.78, 5) is 13.2. The standard InChI is InChI=1S/C12H25NO2/c1-5-7-8-10-13(4)12(3,9-6-2)11(14)15/h5-10H2,1-4H3,(H,14,15). The maximum Gasteiger partial charge on any atom is 0.323 e. The second-order valence-corrected chi connectivity index (χ2v) is 4.46. The first-order valence-electron chi connectivity index (χ1n) is 5.93. The van der Waals surface area contributed by atoms with Crippen LogP contribution in [-0.2, 0) is 4.79 Å². The molecule has 0 saturated carbocycles. The van der Waals surface area contributed by atoms with Crippen molar-refractivity contribution in [2.75, 3.05) is 13.6 Å².